The van der Waals surface area contributed by atoms with Gasteiger partial charge in [-0.2, -0.15) is 4.98 Å². The minimum absolute atomic E-state index is 0.0476. The molecule has 9 nitrogen and oxygen atoms in total. The third kappa shape index (κ3) is 3.80. The fourth-order valence-corrected chi connectivity index (χ4v) is 2.76. The highest BCUT2D eigenvalue weighted by molar-refractivity contribution is 7.89. The zero-order valence-electron chi connectivity index (χ0n) is 13.4. The normalized spacial score (nSPS) is 11.6. The van der Waals surface area contributed by atoms with Crippen molar-refractivity contribution in [3.05, 3.63) is 53.6 Å². The molecule has 3 aromatic rings. The summed E-state index contributed by atoms with van der Waals surface area (Å²) in [5, 5.41) is 11.9. The second-order valence-corrected chi connectivity index (χ2v) is 6.99. The van der Waals surface area contributed by atoms with Gasteiger partial charge in [0.25, 0.3) is 11.7 Å². The number of benzene rings is 1. The van der Waals surface area contributed by atoms with E-state index in [1.165, 1.54) is 16.6 Å². The van der Waals surface area contributed by atoms with Gasteiger partial charge in [-0.15, -0.1) is 5.10 Å². The topological polar surface area (TPSA) is 132 Å². The van der Waals surface area contributed by atoms with Crippen LogP contribution in [-0.4, -0.2) is 40.5 Å². The Morgan fingerprint density at radius 2 is 1.96 bits per heavy atom. The number of amides is 1. The van der Waals surface area contributed by atoms with Gasteiger partial charge < -0.3 is 5.32 Å². The number of hydrogen-bond acceptors (Lipinski definition) is 6. The van der Waals surface area contributed by atoms with Gasteiger partial charge in [-0.3, -0.25) is 4.79 Å². The summed E-state index contributed by atoms with van der Waals surface area (Å²) in [6.07, 6.45) is 2.13. The number of nitrogens with two attached hydrogens (primary N) is 1. The van der Waals surface area contributed by atoms with Crippen LogP contribution < -0.4 is 10.5 Å². The summed E-state index contributed by atoms with van der Waals surface area (Å²) in [6, 6.07) is 7.95. The van der Waals surface area contributed by atoms with Gasteiger partial charge in [0.15, 0.2) is 0 Å². The molecule has 2 aromatic heterocycles. The van der Waals surface area contributed by atoms with Gasteiger partial charge in [-0.1, -0.05) is 12.1 Å². The molecule has 0 aliphatic heterocycles. The van der Waals surface area contributed by atoms with Crippen molar-refractivity contribution in [1.82, 2.24) is 24.9 Å². The summed E-state index contributed by atoms with van der Waals surface area (Å²) in [7, 11) is -3.70. The first-order valence-corrected chi connectivity index (χ1v) is 8.97. The Kier molecular flexibility index (Phi) is 4.47. The van der Waals surface area contributed by atoms with Crippen LogP contribution in [0.5, 0.6) is 0 Å². The number of aryl methyl sites for hydroxylation is 1. The second kappa shape index (κ2) is 6.57. The third-order valence-corrected chi connectivity index (χ3v) is 4.51. The van der Waals surface area contributed by atoms with Crippen molar-refractivity contribution in [2.45, 2.75) is 18.2 Å². The van der Waals surface area contributed by atoms with E-state index in [-0.39, 0.29) is 10.7 Å². The van der Waals surface area contributed by atoms with Gasteiger partial charge in [0, 0.05) is 18.4 Å². The van der Waals surface area contributed by atoms with Gasteiger partial charge in [0.1, 0.15) is 0 Å². The van der Waals surface area contributed by atoms with Crippen molar-refractivity contribution in [1.29, 1.82) is 0 Å². The summed E-state index contributed by atoms with van der Waals surface area (Å²) in [5.74, 6) is 0.0150. The first kappa shape index (κ1) is 17.0. The van der Waals surface area contributed by atoms with Crippen molar-refractivity contribution in [3.63, 3.8) is 0 Å². The van der Waals surface area contributed by atoms with Crippen LogP contribution in [-0.2, 0) is 16.4 Å². The Morgan fingerprint density at radius 1 is 1.24 bits per heavy atom. The lowest BCUT2D eigenvalue weighted by Crippen LogP contribution is -2.26. The molecule has 0 aliphatic carbocycles. The number of nitrogens with zero attached hydrogens (tertiary/aromatic N) is 4. The molecule has 0 saturated carbocycles. The molecule has 0 radical (unpaired) electrons. The van der Waals surface area contributed by atoms with E-state index in [1.807, 2.05) is 6.92 Å². The second-order valence-electron chi connectivity index (χ2n) is 5.43. The van der Waals surface area contributed by atoms with E-state index in [0.29, 0.717) is 18.7 Å². The summed E-state index contributed by atoms with van der Waals surface area (Å²) in [5.41, 5.74) is 1.69. The largest absolute Gasteiger partial charge is 0.349 e. The zero-order valence-corrected chi connectivity index (χ0v) is 14.2. The van der Waals surface area contributed by atoms with Crippen molar-refractivity contribution < 1.29 is 13.2 Å². The minimum atomic E-state index is -3.70. The maximum absolute atomic E-state index is 12.1. The predicted octanol–water partition coefficient (Wildman–Crippen LogP) is 0.0526. The molecule has 0 fully saturated rings. The van der Waals surface area contributed by atoms with Gasteiger partial charge in [-0.05, 0) is 37.1 Å². The highest BCUT2D eigenvalue weighted by Crippen LogP contribution is 2.09. The smallest absolute Gasteiger partial charge is 0.291 e. The van der Waals surface area contributed by atoms with Gasteiger partial charge in [0.2, 0.25) is 15.8 Å². The van der Waals surface area contributed by atoms with E-state index in [9.17, 15) is 13.2 Å². The Hall–Kier alpha value is -2.85. The van der Waals surface area contributed by atoms with Gasteiger partial charge in [-0.25, -0.2) is 23.1 Å². The first-order chi connectivity index (χ1) is 11.8. The Labute approximate surface area is 144 Å². The highest BCUT2D eigenvalue weighted by Gasteiger charge is 2.14. The molecule has 3 N–H and O–H groups in total. The zero-order chi connectivity index (χ0) is 18.0. The number of carbonyl (C=O) groups excluding carboxylic acids is 1. The number of carbonyl (C=O) groups is 1. The molecule has 130 valence electrons. The molecular weight excluding hydrogens is 344 g/mol. The number of sulfonamides is 1. The Morgan fingerprint density at radius 3 is 2.60 bits per heavy atom. The van der Waals surface area contributed by atoms with E-state index in [0.717, 1.165) is 11.3 Å². The molecule has 0 spiro atoms. The van der Waals surface area contributed by atoms with Crippen molar-refractivity contribution in [2.24, 2.45) is 5.14 Å². The quantitative estimate of drug-likeness (QED) is 0.661. The van der Waals surface area contributed by atoms with Crippen LogP contribution in [0.3, 0.4) is 0 Å². The lowest BCUT2D eigenvalue weighted by atomic mass is 10.1. The maximum atomic E-state index is 12.1. The first-order valence-electron chi connectivity index (χ1n) is 7.43. The van der Waals surface area contributed by atoms with Crippen LogP contribution in [0.25, 0.3) is 5.78 Å². The average molecular weight is 360 g/mol. The number of rotatable bonds is 5. The van der Waals surface area contributed by atoms with Gasteiger partial charge >= 0.3 is 0 Å². The van der Waals surface area contributed by atoms with Crippen molar-refractivity contribution in [3.8, 4) is 0 Å². The monoisotopic (exact) mass is 360 g/mol. The molecule has 0 atom stereocenters. The van der Waals surface area contributed by atoms with E-state index in [2.05, 4.69) is 20.4 Å². The van der Waals surface area contributed by atoms with Crippen LogP contribution in [0.1, 0.15) is 21.9 Å². The van der Waals surface area contributed by atoms with Crippen molar-refractivity contribution in [2.75, 3.05) is 6.54 Å². The molecule has 1 amide bonds. The molecule has 0 saturated heterocycles. The number of hydrogen-bond donors (Lipinski definition) is 2. The Balaban J connectivity index is 1.61. The lowest BCUT2D eigenvalue weighted by Gasteiger charge is -2.04. The summed E-state index contributed by atoms with van der Waals surface area (Å²) < 4.78 is 23.9. The van der Waals surface area contributed by atoms with Crippen LogP contribution in [0.4, 0.5) is 0 Å². The molecule has 0 aliphatic rings. The van der Waals surface area contributed by atoms with Crippen LogP contribution in [0, 0.1) is 6.92 Å². The van der Waals surface area contributed by atoms with E-state index in [1.54, 1.807) is 24.4 Å². The van der Waals surface area contributed by atoms with Gasteiger partial charge in [0.05, 0.1) is 4.90 Å². The molecular formula is C15H16N6O3S. The van der Waals surface area contributed by atoms with Crippen LogP contribution in [0.2, 0.25) is 0 Å². The van der Waals surface area contributed by atoms with E-state index < -0.39 is 15.9 Å². The molecule has 0 unspecified atom stereocenters. The minimum Gasteiger partial charge on any atom is -0.349 e. The number of fused-ring (bicyclic) bond motifs is 1. The SMILES string of the molecule is Cc1ccnc2nc(C(=O)NCCc3ccc(S(N)(=O)=O)cc3)nn12. The maximum Gasteiger partial charge on any atom is 0.291 e. The lowest BCUT2D eigenvalue weighted by molar-refractivity contribution is 0.0944. The van der Waals surface area contributed by atoms with Crippen LogP contribution >= 0.6 is 0 Å². The summed E-state index contributed by atoms with van der Waals surface area (Å²) in [4.78, 5) is 20.3. The Bertz CT molecular complexity index is 1030. The van der Waals surface area contributed by atoms with E-state index in [4.69, 9.17) is 5.14 Å². The number of aromatic nitrogens is 4. The van der Waals surface area contributed by atoms with E-state index >= 15 is 0 Å². The fourth-order valence-electron chi connectivity index (χ4n) is 2.25. The molecule has 0 bridgehead atoms. The third-order valence-electron chi connectivity index (χ3n) is 3.58. The number of nitrogens with one attached hydrogen (secondary N) is 1. The number of primary sulfonamides is 1. The highest BCUT2D eigenvalue weighted by atomic mass is 32.2. The van der Waals surface area contributed by atoms with Crippen molar-refractivity contribution >= 4 is 21.7 Å². The molecule has 1 aromatic carbocycles. The van der Waals surface area contributed by atoms with Crippen LogP contribution in [0.15, 0.2) is 41.4 Å². The molecule has 25 heavy (non-hydrogen) atoms. The fraction of sp³-hybridized carbons (Fsp3) is 0.200. The predicted molar refractivity (Wildman–Crippen MR) is 89.4 cm³/mol. The molecule has 2 heterocycles. The average Bonchev–Trinajstić information content (AvgIpc) is 3.00. The molecule has 3 rings (SSSR count). The molecule has 10 heteroatoms. The summed E-state index contributed by atoms with van der Waals surface area (Å²) in [6.45, 7) is 2.20. The standard InChI is InChI=1S/C15H16N6O3S/c1-10-6-8-18-15-19-13(20-21(10)15)14(22)17-9-7-11-2-4-12(5-3-11)25(16,23)24/h2-6,8H,7,9H2,1H3,(H,17,22)(H2,16,23,24). The summed E-state index contributed by atoms with van der Waals surface area (Å²) >= 11 is 0.